The van der Waals surface area contributed by atoms with Crippen molar-refractivity contribution in [3.63, 3.8) is 0 Å². The topological polar surface area (TPSA) is 37.4 Å². The molecule has 0 radical (unpaired) electrons. The molecule has 0 atom stereocenters. The first-order chi connectivity index (χ1) is 6.18. The summed E-state index contributed by atoms with van der Waals surface area (Å²) in [6, 6.07) is 0. The lowest BCUT2D eigenvalue weighted by molar-refractivity contribution is -0.124. The average molecular weight is 197 g/mol. The van der Waals surface area contributed by atoms with E-state index in [0.717, 1.165) is 17.9 Å². The summed E-state index contributed by atoms with van der Waals surface area (Å²) in [4.78, 5) is 24.1. The largest absolute Gasteiger partial charge is 0.309 e. The predicted octanol–water partition coefficient (Wildman–Crippen LogP) is 1.01. The number of nitrogens with zero attached hydrogens (tertiary/aromatic N) is 1. The van der Waals surface area contributed by atoms with Gasteiger partial charge in [0.05, 0.1) is 10.8 Å². The van der Waals surface area contributed by atoms with Gasteiger partial charge in [-0.05, 0) is 12.8 Å². The van der Waals surface area contributed by atoms with Gasteiger partial charge in [-0.1, -0.05) is 11.8 Å². The van der Waals surface area contributed by atoms with Crippen molar-refractivity contribution in [2.24, 2.45) is 5.92 Å². The third-order valence-corrected chi connectivity index (χ3v) is 3.37. The second kappa shape index (κ2) is 3.18. The Bertz CT molecular complexity index is 294. The summed E-state index contributed by atoms with van der Waals surface area (Å²) >= 11 is 1.45. The molecule has 0 aromatic carbocycles. The van der Waals surface area contributed by atoms with Crippen LogP contribution in [0.5, 0.6) is 0 Å². The third-order valence-electron chi connectivity index (χ3n) is 2.29. The highest BCUT2D eigenvalue weighted by Gasteiger charge is 2.30. The van der Waals surface area contributed by atoms with Crippen LogP contribution in [0.25, 0.3) is 0 Å². The number of allylic oxidation sites excluding steroid dienone is 1. The monoisotopic (exact) mass is 197 g/mol. The first-order valence-electron chi connectivity index (χ1n) is 4.33. The highest BCUT2D eigenvalue weighted by atomic mass is 32.2. The number of carbonyl (C=O) groups is 2. The van der Waals surface area contributed by atoms with Gasteiger partial charge < -0.3 is 4.90 Å². The molecule has 1 saturated carbocycles. The zero-order valence-corrected chi connectivity index (χ0v) is 8.26. The minimum Gasteiger partial charge on any atom is -0.309 e. The normalized spacial score (nSPS) is 25.8. The average Bonchev–Trinajstić information content (AvgIpc) is 2.89. The van der Waals surface area contributed by atoms with Gasteiger partial charge in [-0.25, -0.2) is 0 Å². The van der Waals surface area contributed by atoms with Crippen molar-refractivity contribution in [2.45, 2.75) is 12.8 Å². The number of hydrogen-bond acceptors (Lipinski definition) is 3. The Kier molecular flexibility index (Phi) is 2.15. The molecule has 2 fully saturated rings. The van der Waals surface area contributed by atoms with Crippen LogP contribution in [0.2, 0.25) is 0 Å². The summed E-state index contributed by atoms with van der Waals surface area (Å²) in [5.74, 6) is 0.987. The van der Waals surface area contributed by atoms with Crippen LogP contribution in [0.4, 0.5) is 0 Å². The molecule has 0 N–H and O–H groups in total. The van der Waals surface area contributed by atoms with E-state index >= 15 is 0 Å². The van der Waals surface area contributed by atoms with Crippen LogP contribution in [0.3, 0.4) is 0 Å². The predicted molar refractivity (Wildman–Crippen MR) is 51.0 cm³/mol. The SMILES string of the molecule is CN1C(=O)CS/C1=C/C(=O)C1CC1. The number of thioether (sulfide) groups is 1. The van der Waals surface area contributed by atoms with E-state index in [-0.39, 0.29) is 17.6 Å². The number of carbonyl (C=O) groups excluding carboxylic acids is 2. The highest BCUT2D eigenvalue weighted by molar-refractivity contribution is 8.04. The van der Waals surface area contributed by atoms with Gasteiger partial charge in [-0.3, -0.25) is 9.59 Å². The molecule has 1 aliphatic carbocycles. The van der Waals surface area contributed by atoms with Gasteiger partial charge in [0.25, 0.3) is 0 Å². The molecule has 0 bridgehead atoms. The minimum atomic E-state index is 0.0832. The molecule has 2 rings (SSSR count). The molecule has 0 aromatic rings. The van der Waals surface area contributed by atoms with Crippen molar-refractivity contribution in [2.75, 3.05) is 12.8 Å². The first kappa shape index (κ1) is 8.81. The van der Waals surface area contributed by atoms with E-state index in [2.05, 4.69) is 0 Å². The van der Waals surface area contributed by atoms with Crippen molar-refractivity contribution in [3.8, 4) is 0 Å². The minimum absolute atomic E-state index is 0.0832. The van der Waals surface area contributed by atoms with Crippen molar-refractivity contribution in [1.29, 1.82) is 0 Å². The Morgan fingerprint density at radius 3 is 2.77 bits per heavy atom. The lowest BCUT2D eigenvalue weighted by Gasteiger charge is -2.08. The standard InChI is InChI=1S/C9H11NO2S/c1-10-8(12)5-13-9(10)4-7(11)6-2-3-6/h4,6H,2-3,5H2,1H3/b9-4+. The molecule has 1 saturated heterocycles. The molecule has 70 valence electrons. The van der Waals surface area contributed by atoms with Crippen LogP contribution < -0.4 is 0 Å². The van der Waals surface area contributed by atoms with E-state index in [1.807, 2.05) is 0 Å². The Morgan fingerprint density at radius 2 is 2.31 bits per heavy atom. The van der Waals surface area contributed by atoms with E-state index in [0.29, 0.717) is 5.75 Å². The molecule has 1 aliphatic heterocycles. The van der Waals surface area contributed by atoms with E-state index in [1.165, 1.54) is 11.8 Å². The smallest absolute Gasteiger partial charge is 0.237 e. The summed E-state index contributed by atoms with van der Waals surface area (Å²) in [5.41, 5.74) is 0. The van der Waals surface area contributed by atoms with E-state index < -0.39 is 0 Å². The lowest BCUT2D eigenvalue weighted by Crippen LogP contribution is -2.19. The summed E-state index contributed by atoms with van der Waals surface area (Å²) < 4.78 is 0. The fourth-order valence-corrected chi connectivity index (χ4v) is 2.16. The van der Waals surface area contributed by atoms with Gasteiger partial charge in [-0.15, -0.1) is 0 Å². The van der Waals surface area contributed by atoms with Crippen LogP contribution in [0.15, 0.2) is 11.1 Å². The number of hydrogen-bond donors (Lipinski definition) is 0. The Labute approximate surface area is 81.2 Å². The summed E-state index contributed by atoms with van der Waals surface area (Å²) in [6.45, 7) is 0. The van der Waals surface area contributed by atoms with Crippen molar-refractivity contribution in [3.05, 3.63) is 11.1 Å². The van der Waals surface area contributed by atoms with E-state index in [4.69, 9.17) is 0 Å². The molecule has 1 amide bonds. The molecule has 3 nitrogen and oxygen atoms in total. The van der Waals surface area contributed by atoms with Gasteiger partial charge in [0.1, 0.15) is 0 Å². The highest BCUT2D eigenvalue weighted by Crippen LogP contribution is 2.33. The zero-order valence-electron chi connectivity index (χ0n) is 7.45. The quantitative estimate of drug-likeness (QED) is 0.620. The van der Waals surface area contributed by atoms with Crippen molar-refractivity contribution >= 4 is 23.5 Å². The number of amides is 1. The lowest BCUT2D eigenvalue weighted by atomic mass is 10.2. The maximum Gasteiger partial charge on any atom is 0.237 e. The molecule has 2 aliphatic rings. The van der Waals surface area contributed by atoms with Crippen LogP contribution in [-0.2, 0) is 9.59 Å². The Hall–Kier alpha value is -0.770. The molecular formula is C9H11NO2S. The Balaban J connectivity index is 2.07. The molecule has 0 aromatic heterocycles. The van der Waals surface area contributed by atoms with Gasteiger partial charge in [0, 0.05) is 19.0 Å². The fraction of sp³-hybridized carbons (Fsp3) is 0.556. The van der Waals surface area contributed by atoms with Crippen LogP contribution in [0, 0.1) is 5.92 Å². The molecule has 0 spiro atoms. The second-order valence-electron chi connectivity index (χ2n) is 3.40. The second-order valence-corrected chi connectivity index (χ2v) is 4.40. The van der Waals surface area contributed by atoms with E-state index in [1.54, 1.807) is 18.0 Å². The first-order valence-corrected chi connectivity index (χ1v) is 5.32. The van der Waals surface area contributed by atoms with Crippen molar-refractivity contribution < 1.29 is 9.59 Å². The summed E-state index contributed by atoms with van der Waals surface area (Å²) in [7, 11) is 1.72. The van der Waals surface area contributed by atoms with E-state index in [9.17, 15) is 9.59 Å². The maximum atomic E-state index is 11.4. The molecule has 13 heavy (non-hydrogen) atoms. The third kappa shape index (κ3) is 1.77. The summed E-state index contributed by atoms with van der Waals surface area (Å²) in [6.07, 6.45) is 3.66. The zero-order chi connectivity index (χ0) is 9.42. The molecule has 4 heteroatoms. The molecular weight excluding hydrogens is 186 g/mol. The van der Waals surface area contributed by atoms with Crippen LogP contribution >= 0.6 is 11.8 Å². The van der Waals surface area contributed by atoms with Crippen LogP contribution in [-0.4, -0.2) is 29.4 Å². The summed E-state index contributed by atoms with van der Waals surface area (Å²) in [5, 5.41) is 0.807. The van der Waals surface area contributed by atoms with Crippen LogP contribution in [0.1, 0.15) is 12.8 Å². The number of rotatable bonds is 2. The van der Waals surface area contributed by atoms with Crippen molar-refractivity contribution in [1.82, 2.24) is 4.90 Å². The maximum absolute atomic E-state index is 11.4. The van der Waals surface area contributed by atoms with Gasteiger partial charge >= 0.3 is 0 Å². The number of ketones is 1. The fourth-order valence-electron chi connectivity index (χ4n) is 1.20. The van der Waals surface area contributed by atoms with Gasteiger partial charge in [-0.2, -0.15) is 0 Å². The molecule has 1 heterocycles. The van der Waals surface area contributed by atoms with Gasteiger partial charge in [0.2, 0.25) is 5.91 Å². The Morgan fingerprint density at radius 1 is 1.62 bits per heavy atom. The molecule has 0 unspecified atom stereocenters. The van der Waals surface area contributed by atoms with Gasteiger partial charge in [0.15, 0.2) is 5.78 Å².